The molecule has 5 N–H and O–H groups in total. The van der Waals surface area contributed by atoms with Crippen LogP contribution in [0.15, 0.2) is 78.2 Å². The van der Waals surface area contributed by atoms with Gasteiger partial charge in [0.05, 0.1) is 43.7 Å². The van der Waals surface area contributed by atoms with Crippen molar-refractivity contribution < 1.29 is 59.7 Å². The van der Waals surface area contributed by atoms with Gasteiger partial charge in [0.2, 0.25) is 13.5 Å². The Morgan fingerprint density at radius 2 is 1.50 bits per heavy atom. The number of imidazole rings is 2. The number of pyridine rings is 1. The molecule has 64 heavy (non-hydrogen) atoms. The number of alkyl halides is 2. The van der Waals surface area contributed by atoms with Crippen LogP contribution in [0.25, 0.3) is 22.3 Å². The van der Waals surface area contributed by atoms with Crippen LogP contribution in [0, 0.1) is 0 Å². The number of ether oxygens (including phenoxy) is 4. The number of aromatic amines is 1. The number of H-pyrrole nitrogens is 1. The number of benzene rings is 2. The minimum absolute atomic E-state index is 0.0741. The summed E-state index contributed by atoms with van der Waals surface area (Å²) < 4.78 is 110. The summed E-state index contributed by atoms with van der Waals surface area (Å²) in [4.78, 5) is 44.1. The van der Waals surface area contributed by atoms with Crippen LogP contribution in [0.4, 0.5) is 20.4 Å². The number of carbonyl (C=O) groups excluding carboxylic acids is 1. The zero-order chi connectivity index (χ0) is 44.9. The second kappa shape index (κ2) is 17.6. The van der Waals surface area contributed by atoms with E-state index >= 15 is 8.78 Å². The average molecular weight is 942 g/mol. The number of nitrogens with one attached hydrogen (secondary N) is 1. The highest BCUT2D eigenvalue weighted by molar-refractivity contribution is 8.54. The van der Waals surface area contributed by atoms with Crippen LogP contribution < -0.4 is 26.5 Å². The van der Waals surface area contributed by atoms with E-state index in [9.17, 15) is 18.7 Å². The van der Waals surface area contributed by atoms with Crippen LogP contribution in [0.2, 0.25) is 0 Å². The third-order valence-corrected chi connectivity index (χ3v) is 15.0. The van der Waals surface area contributed by atoms with Crippen LogP contribution in [-0.2, 0) is 42.5 Å². The maximum atomic E-state index is 16.8. The zero-order valence-corrected chi connectivity index (χ0v) is 35.9. The first-order valence-corrected chi connectivity index (χ1v) is 24.1. The molecule has 9 rings (SSSR count). The van der Waals surface area contributed by atoms with Gasteiger partial charge < -0.3 is 39.5 Å². The maximum absolute atomic E-state index is 16.8. The van der Waals surface area contributed by atoms with E-state index in [0.29, 0.717) is 34.9 Å². The highest BCUT2D eigenvalue weighted by Crippen LogP contribution is 2.65. The highest BCUT2D eigenvalue weighted by atomic mass is 32.7. The van der Waals surface area contributed by atoms with Gasteiger partial charge in [-0.05, 0) is 66.3 Å². The number of hydrogen-bond acceptors (Lipinski definition) is 19. The van der Waals surface area contributed by atoms with Gasteiger partial charge in [-0.15, -0.1) is 0 Å². The van der Waals surface area contributed by atoms with Crippen LogP contribution in [0.3, 0.4) is 0 Å². The maximum Gasteiger partial charge on any atom is 0.389 e. The fourth-order valence-corrected chi connectivity index (χ4v) is 11.6. The van der Waals surface area contributed by atoms with Gasteiger partial charge in [-0.25, -0.2) is 33.1 Å². The normalized spacial score (nSPS) is 29.7. The third kappa shape index (κ3) is 8.79. The summed E-state index contributed by atoms with van der Waals surface area (Å²) in [6.45, 7) is -3.80. The molecule has 4 aromatic heterocycles. The van der Waals surface area contributed by atoms with Gasteiger partial charge in [-0.3, -0.25) is 32.5 Å². The lowest BCUT2D eigenvalue weighted by molar-refractivity contribution is -0.0546. The summed E-state index contributed by atoms with van der Waals surface area (Å²) in [5.41, 5.74) is 12.3. The van der Waals surface area contributed by atoms with Gasteiger partial charge >= 0.3 is 12.8 Å². The van der Waals surface area contributed by atoms with Gasteiger partial charge in [-0.2, -0.15) is 4.98 Å². The van der Waals surface area contributed by atoms with Crippen LogP contribution in [-0.4, -0.2) is 104 Å². The van der Waals surface area contributed by atoms with Gasteiger partial charge in [0.25, 0.3) is 13.0 Å². The van der Waals surface area contributed by atoms with Crippen LogP contribution in [0.5, 0.6) is 11.5 Å². The van der Waals surface area contributed by atoms with Crippen molar-refractivity contribution in [2.24, 2.45) is 0 Å². The molecule has 0 aliphatic carbocycles. The molecule has 3 aliphatic heterocycles. The van der Waals surface area contributed by atoms with E-state index in [1.807, 2.05) is 6.92 Å². The number of fused-ring (bicyclic) bond motifs is 4. The van der Waals surface area contributed by atoms with E-state index in [1.165, 1.54) is 35.3 Å². The topological polar surface area (TPSA) is 271 Å². The number of nitrogens with two attached hydrogens (primary N) is 2. The molecule has 3 aliphatic rings. The van der Waals surface area contributed by atoms with Gasteiger partial charge in [0, 0.05) is 11.9 Å². The van der Waals surface area contributed by atoms with Crippen LogP contribution in [0.1, 0.15) is 35.3 Å². The minimum atomic E-state index is -4.74. The molecule has 2 aromatic carbocycles. The molecule has 0 spiro atoms. The van der Waals surface area contributed by atoms with E-state index in [0.717, 1.165) is 10.9 Å². The SMILES string of the molecule is [B][P@]1(=O)OC[C@H]2O[C@@H](n3cnc4c(N)ccnc43)[C@H](F)[C@@H]2O[P@@](=O)(SCc2ccc(OC(=O)c3ccc(OCC)cc3)cc2)OC[C@H]2O[C@@H](n3cnc4c(=O)[nH]c(N)nc43)[C@H](F)[C@@H]2O1. The van der Waals surface area contributed by atoms with E-state index in [2.05, 4.69) is 24.9 Å². The molecule has 0 unspecified atom stereocenters. The first kappa shape index (κ1) is 44.0. The number of nitrogens with zero attached hydrogens (tertiary/aromatic N) is 6. The summed E-state index contributed by atoms with van der Waals surface area (Å²) in [7, 11) is 1.25. The predicted octanol–water partition coefficient (Wildman–Crippen LogP) is 4.95. The summed E-state index contributed by atoms with van der Waals surface area (Å²) in [6.07, 6.45) is -10.3. The van der Waals surface area contributed by atoms with E-state index in [-0.39, 0.29) is 45.5 Å². The van der Waals surface area contributed by atoms with Gasteiger partial charge in [0.1, 0.15) is 41.4 Å². The average Bonchev–Trinajstić information content (AvgIpc) is 4.04. The van der Waals surface area contributed by atoms with E-state index in [4.69, 9.17) is 56.1 Å². The number of rotatable bonds is 9. The third-order valence-electron chi connectivity index (χ3n) is 10.3. The molecule has 21 nitrogen and oxygen atoms in total. The second-order valence-electron chi connectivity index (χ2n) is 14.5. The molecule has 2 radical (unpaired) electrons. The molecule has 6 aromatic rings. The molecule has 0 bridgehead atoms. The van der Waals surface area contributed by atoms with E-state index < -0.39 is 88.2 Å². The number of halogens is 2. The first-order valence-electron chi connectivity index (χ1n) is 19.4. The van der Waals surface area contributed by atoms with Crippen molar-refractivity contribution in [1.82, 2.24) is 34.1 Å². The van der Waals surface area contributed by atoms with Crippen molar-refractivity contribution >= 4 is 73.2 Å². The molecule has 3 fully saturated rings. The molecule has 7 heterocycles. The minimum Gasteiger partial charge on any atom is -0.494 e. The fourth-order valence-electron chi connectivity index (χ4n) is 7.24. The lowest BCUT2D eigenvalue weighted by atomic mass is 10.1. The summed E-state index contributed by atoms with van der Waals surface area (Å²) in [5, 5.41) is 0. The van der Waals surface area contributed by atoms with Crippen molar-refractivity contribution in [3.63, 3.8) is 0 Å². The van der Waals surface area contributed by atoms with Crippen molar-refractivity contribution in [2.75, 3.05) is 31.3 Å². The number of hydrogen-bond donors (Lipinski definition) is 3. The van der Waals surface area contributed by atoms with E-state index in [1.54, 1.807) is 36.4 Å². The standard InChI is InChI=1S/C37H36BF2N9O12P2S/c1-2-54-20-9-5-19(6-10-20)36(51)57-21-7-3-18(4-8-21)15-64-63(53)56-14-24-29(25(39)35(59-24)49-17-45-28-32(49)46-37(42)47-33(28)50)60-62(38,52)55-13-23-30(61-63)26(40)34(58-23)48-16-44-27-22(41)11-12-43-31(27)48/h3-12,16-17,23-26,29-30,34-35H,2,13-15H2,1H3,(H2,41,43)(H3,42,46,47,50)/t23-,24-,25-,26-,29-,30-,34-,35-,62+,63+/m1/s1. The molecule has 334 valence electrons. The van der Waals surface area contributed by atoms with Crippen molar-refractivity contribution in [3.8, 4) is 11.5 Å². The Labute approximate surface area is 365 Å². The number of nitrogen functional groups attached to an aromatic ring is 2. The Hall–Kier alpha value is -5.23. The molecular formula is C37H36BF2N9O12P2S. The molecule has 3 saturated heterocycles. The van der Waals surface area contributed by atoms with Crippen molar-refractivity contribution in [1.29, 1.82) is 0 Å². The predicted molar refractivity (Wildman–Crippen MR) is 225 cm³/mol. The molecule has 0 saturated carbocycles. The van der Waals surface area contributed by atoms with Crippen LogP contribution >= 0.6 is 25.7 Å². The zero-order valence-electron chi connectivity index (χ0n) is 33.2. The quantitative estimate of drug-likeness (QED) is 0.0748. The van der Waals surface area contributed by atoms with Gasteiger partial charge in [-0.1, -0.05) is 12.1 Å². The number of aromatic nitrogens is 7. The molecule has 10 atom stereocenters. The number of esters is 1. The van der Waals surface area contributed by atoms with Gasteiger partial charge in [0.15, 0.2) is 41.6 Å². The monoisotopic (exact) mass is 941 g/mol. The first-order chi connectivity index (χ1) is 30.7. The highest BCUT2D eigenvalue weighted by Gasteiger charge is 2.54. The molecule has 27 heteroatoms. The number of anilines is 2. The Kier molecular flexibility index (Phi) is 12.1. The Morgan fingerprint density at radius 1 is 0.875 bits per heavy atom. The smallest absolute Gasteiger partial charge is 0.389 e. The summed E-state index contributed by atoms with van der Waals surface area (Å²) in [5.74, 6) is -0.170. The summed E-state index contributed by atoms with van der Waals surface area (Å²) >= 11 is 0.651. The fraction of sp³-hybridized carbons (Fsp3) is 0.351. The van der Waals surface area contributed by atoms with Crippen molar-refractivity contribution in [3.05, 3.63) is 94.9 Å². The largest absolute Gasteiger partial charge is 0.494 e. The molecular weight excluding hydrogens is 905 g/mol. The Morgan fingerprint density at radius 3 is 2.19 bits per heavy atom. The lowest BCUT2D eigenvalue weighted by Gasteiger charge is -2.30. The van der Waals surface area contributed by atoms with Crippen molar-refractivity contribution in [2.45, 2.75) is 61.9 Å². The Bertz CT molecular complexity index is 2860. The lowest BCUT2D eigenvalue weighted by Crippen LogP contribution is -2.37. The Balaban J connectivity index is 0.990. The number of carbonyl (C=O) groups is 1. The summed E-state index contributed by atoms with van der Waals surface area (Å²) in [6, 6.07) is 14.2. The second-order valence-corrected chi connectivity index (χ2v) is 20.1. The molecule has 0 amide bonds.